The summed E-state index contributed by atoms with van der Waals surface area (Å²) in [5.41, 5.74) is 1.30. The zero-order valence-electron chi connectivity index (χ0n) is 15.6. The maximum absolute atomic E-state index is 13.4. The zero-order valence-corrected chi connectivity index (χ0v) is 15.6. The van der Waals surface area contributed by atoms with E-state index in [0.717, 1.165) is 11.3 Å². The zero-order chi connectivity index (χ0) is 19.2. The molecule has 0 bridgehead atoms. The number of pyridine rings is 1. The van der Waals surface area contributed by atoms with Gasteiger partial charge in [0.1, 0.15) is 28.6 Å². The molecule has 27 heavy (non-hydrogen) atoms. The average molecular weight is 366 g/mol. The van der Waals surface area contributed by atoms with E-state index in [2.05, 4.69) is 4.98 Å². The minimum absolute atomic E-state index is 0.206. The minimum Gasteiger partial charge on any atom is -0.496 e. The van der Waals surface area contributed by atoms with Crippen LogP contribution in [0.15, 0.2) is 59.3 Å². The standard InChI is InChI=1S/C21H22N2O4/c1-15-9-10-17(27-15)14-23(13-16-6-5-11-22-12-16)21(24)20-18(25-2)7-4-8-19(20)26-3/h4-12H,13-14H2,1-3H3. The fraction of sp³-hybridized carbons (Fsp3) is 0.238. The van der Waals surface area contributed by atoms with Crippen molar-refractivity contribution < 1.29 is 18.7 Å². The van der Waals surface area contributed by atoms with Gasteiger partial charge in [0.15, 0.2) is 0 Å². The van der Waals surface area contributed by atoms with Gasteiger partial charge in [-0.1, -0.05) is 12.1 Å². The maximum atomic E-state index is 13.4. The monoisotopic (exact) mass is 366 g/mol. The Hall–Kier alpha value is -3.28. The lowest BCUT2D eigenvalue weighted by atomic mass is 10.1. The first-order valence-corrected chi connectivity index (χ1v) is 8.57. The topological polar surface area (TPSA) is 64.8 Å². The third kappa shape index (κ3) is 4.28. The predicted octanol–water partition coefficient (Wildman–Crippen LogP) is 3.84. The lowest BCUT2D eigenvalue weighted by Crippen LogP contribution is -2.30. The van der Waals surface area contributed by atoms with Gasteiger partial charge >= 0.3 is 0 Å². The molecule has 2 aromatic heterocycles. The van der Waals surface area contributed by atoms with Crippen LogP contribution in [-0.4, -0.2) is 30.0 Å². The second kappa shape index (κ2) is 8.40. The van der Waals surface area contributed by atoms with Gasteiger partial charge in [0.2, 0.25) is 0 Å². The molecule has 0 spiro atoms. The molecule has 0 aliphatic carbocycles. The highest BCUT2D eigenvalue weighted by molar-refractivity contribution is 5.99. The Bertz CT molecular complexity index is 883. The molecule has 0 fully saturated rings. The predicted molar refractivity (Wildman–Crippen MR) is 101 cm³/mol. The van der Waals surface area contributed by atoms with Gasteiger partial charge in [0.05, 0.1) is 20.8 Å². The summed E-state index contributed by atoms with van der Waals surface area (Å²) in [5, 5.41) is 0. The second-order valence-corrected chi connectivity index (χ2v) is 6.07. The third-order valence-electron chi connectivity index (χ3n) is 4.17. The van der Waals surface area contributed by atoms with Gasteiger partial charge < -0.3 is 18.8 Å². The smallest absolute Gasteiger partial charge is 0.262 e. The number of amides is 1. The normalized spacial score (nSPS) is 10.5. The molecule has 6 heteroatoms. The van der Waals surface area contributed by atoms with Crippen molar-refractivity contribution in [1.82, 2.24) is 9.88 Å². The van der Waals surface area contributed by atoms with Crippen molar-refractivity contribution >= 4 is 5.91 Å². The Labute approximate surface area is 158 Å². The summed E-state index contributed by atoms with van der Waals surface area (Å²) in [5.74, 6) is 2.23. The van der Waals surface area contributed by atoms with E-state index >= 15 is 0 Å². The van der Waals surface area contributed by atoms with Crippen molar-refractivity contribution in [1.29, 1.82) is 0 Å². The first-order valence-electron chi connectivity index (χ1n) is 8.57. The summed E-state index contributed by atoms with van der Waals surface area (Å²) in [6.45, 7) is 2.58. The molecule has 1 aromatic carbocycles. The number of aromatic nitrogens is 1. The van der Waals surface area contributed by atoms with Crippen LogP contribution in [-0.2, 0) is 13.1 Å². The van der Waals surface area contributed by atoms with Crippen LogP contribution in [0.2, 0.25) is 0 Å². The summed E-state index contributed by atoms with van der Waals surface area (Å²) < 4.78 is 16.5. The van der Waals surface area contributed by atoms with Crippen molar-refractivity contribution in [2.75, 3.05) is 14.2 Å². The Morgan fingerprint density at radius 1 is 1.04 bits per heavy atom. The molecule has 2 heterocycles. The van der Waals surface area contributed by atoms with E-state index in [1.165, 1.54) is 14.2 Å². The van der Waals surface area contributed by atoms with Gasteiger partial charge in [-0.15, -0.1) is 0 Å². The van der Waals surface area contributed by atoms with Crippen LogP contribution in [0.1, 0.15) is 27.4 Å². The van der Waals surface area contributed by atoms with Crippen molar-refractivity contribution in [3.8, 4) is 11.5 Å². The molecule has 0 unspecified atom stereocenters. The molecular weight excluding hydrogens is 344 g/mol. The molecule has 140 valence electrons. The van der Waals surface area contributed by atoms with E-state index in [4.69, 9.17) is 13.9 Å². The summed E-state index contributed by atoms with van der Waals surface area (Å²) >= 11 is 0. The Morgan fingerprint density at radius 2 is 1.78 bits per heavy atom. The van der Waals surface area contributed by atoms with E-state index in [1.54, 1.807) is 35.5 Å². The molecule has 0 radical (unpaired) electrons. The quantitative estimate of drug-likeness (QED) is 0.636. The van der Waals surface area contributed by atoms with Gasteiger partial charge in [0.25, 0.3) is 5.91 Å². The van der Waals surface area contributed by atoms with Crippen molar-refractivity contribution in [2.45, 2.75) is 20.0 Å². The first-order chi connectivity index (χ1) is 13.1. The van der Waals surface area contributed by atoms with Crippen molar-refractivity contribution in [2.24, 2.45) is 0 Å². The van der Waals surface area contributed by atoms with Crippen LogP contribution in [0, 0.1) is 6.92 Å². The fourth-order valence-corrected chi connectivity index (χ4v) is 2.89. The van der Waals surface area contributed by atoms with Gasteiger partial charge in [0, 0.05) is 18.9 Å². The molecule has 0 aliphatic heterocycles. The van der Waals surface area contributed by atoms with Crippen molar-refractivity contribution in [3.63, 3.8) is 0 Å². The SMILES string of the molecule is COc1cccc(OC)c1C(=O)N(Cc1cccnc1)Cc1ccc(C)o1. The number of rotatable bonds is 7. The molecule has 1 amide bonds. The number of aryl methyl sites for hydroxylation is 1. The minimum atomic E-state index is -0.206. The van der Waals surface area contributed by atoms with E-state index in [-0.39, 0.29) is 5.91 Å². The van der Waals surface area contributed by atoms with Gasteiger partial charge in [-0.05, 0) is 42.8 Å². The van der Waals surface area contributed by atoms with E-state index < -0.39 is 0 Å². The molecule has 6 nitrogen and oxygen atoms in total. The number of hydrogen-bond donors (Lipinski definition) is 0. The molecule has 0 aliphatic rings. The number of hydrogen-bond acceptors (Lipinski definition) is 5. The number of methoxy groups -OCH3 is 2. The Balaban J connectivity index is 1.97. The number of carbonyl (C=O) groups is 1. The van der Waals surface area contributed by atoms with Gasteiger partial charge in [-0.3, -0.25) is 9.78 Å². The number of ether oxygens (including phenoxy) is 2. The third-order valence-corrected chi connectivity index (χ3v) is 4.17. The summed E-state index contributed by atoms with van der Waals surface area (Å²) in [4.78, 5) is 19.3. The van der Waals surface area contributed by atoms with E-state index in [9.17, 15) is 4.79 Å². The second-order valence-electron chi connectivity index (χ2n) is 6.07. The Morgan fingerprint density at radius 3 is 2.33 bits per heavy atom. The molecular formula is C21H22N2O4. The molecule has 0 N–H and O–H groups in total. The summed E-state index contributed by atoms with van der Waals surface area (Å²) in [6.07, 6.45) is 3.45. The number of furan rings is 1. The lowest BCUT2D eigenvalue weighted by molar-refractivity contribution is 0.0710. The molecule has 0 saturated heterocycles. The van der Waals surface area contributed by atoms with Crippen LogP contribution in [0.25, 0.3) is 0 Å². The first kappa shape index (κ1) is 18.5. The molecule has 0 atom stereocenters. The van der Waals surface area contributed by atoms with Crippen LogP contribution in [0.3, 0.4) is 0 Å². The van der Waals surface area contributed by atoms with Crippen LogP contribution in [0.5, 0.6) is 11.5 Å². The van der Waals surface area contributed by atoms with Crippen LogP contribution in [0.4, 0.5) is 0 Å². The highest BCUT2D eigenvalue weighted by Crippen LogP contribution is 2.30. The average Bonchev–Trinajstić information content (AvgIpc) is 3.11. The molecule has 0 saturated carbocycles. The largest absolute Gasteiger partial charge is 0.496 e. The van der Waals surface area contributed by atoms with Crippen molar-refractivity contribution in [3.05, 3.63) is 77.5 Å². The maximum Gasteiger partial charge on any atom is 0.262 e. The van der Waals surface area contributed by atoms with E-state index in [1.807, 2.05) is 31.2 Å². The lowest BCUT2D eigenvalue weighted by Gasteiger charge is -2.24. The highest BCUT2D eigenvalue weighted by atomic mass is 16.5. The Kier molecular flexibility index (Phi) is 5.76. The number of nitrogens with zero attached hydrogens (tertiary/aromatic N) is 2. The van der Waals surface area contributed by atoms with Gasteiger partial charge in [-0.2, -0.15) is 0 Å². The molecule has 3 aromatic rings. The van der Waals surface area contributed by atoms with Crippen LogP contribution < -0.4 is 9.47 Å². The van der Waals surface area contributed by atoms with Gasteiger partial charge in [-0.25, -0.2) is 0 Å². The summed E-state index contributed by atoms with van der Waals surface area (Å²) in [6, 6.07) is 12.8. The number of carbonyl (C=O) groups excluding carboxylic acids is 1. The van der Waals surface area contributed by atoms with E-state index in [0.29, 0.717) is 35.9 Å². The van der Waals surface area contributed by atoms with Crippen LogP contribution >= 0.6 is 0 Å². The number of benzene rings is 1. The highest BCUT2D eigenvalue weighted by Gasteiger charge is 2.25. The fourth-order valence-electron chi connectivity index (χ4n) is 2.89. The summed E-state index contributed by atoms with van der Waals surface area (Å²) in [7, 11) is 3.07. The molecule has 3 rings (SSSR count).